The van der Waals surface area contributed by atoms with E-state index >= 15 is 0 Å². The van der Waals surface area contributed by atoms with E-state index in [1.165, 1.54) is 0 Å². The molecule has 0 saturated heterocycles. The number of carbonyl (C=O) groups excluding carboxylic acids is 1. The first kappa shape index (κ1) is 16.2. The van der Waals surface area contributed by atoms with Gasteiger partial charge in [-0.15, -0.1) is 11.8 Å². The van der Waals surface area contributed by atoms with Gasteiger partial charge in [0.1, 0.15) is 11.9 Å². The van der Waals surface area contributed by atoms with Crippen LogP contribution in [0.25, 0.3) is 0 Å². The third kappa shape index (κ3) is 3.95. The minimum Gasteiger partial charge on any atom is -0.368 e. The van der Waals surface area contributed by atoms with Crippen molar-refractivity contribution in [1.29, 1.82) is 0 Å². The SMILES string of the molecule is CC(C)NC1(C(N)=O)CCCC1CCSc1ccncn1. The van der Waals surface area contributed by atoms with Crippen molar-refractivity contribution in [3.8, 4) is 0 Å². The standard InChI is InChI=1S/C15H24N4OS/c1-11(2)19-15(14(16)20)7-3-4-12(15)6-9-21-13-5-8-17-10-18-13/h5,8,10-12,19H,3-4,6-7,9H2,1-2H3,(H2,16,20). The van der Waals surface area contributed by atoms with E-state index in [1.807, 2.05) is 6.07 Å². The molecule has 116 valence electrons. The largest absolute Gasteiger partial charge is 0.368 e. The summed E-state index contributed by atoms with van der Waals surface area (Å²) in [6.07, 6.45) is 7.25. The molecule has 1 aliphatic carbocycles. The zero-order valence-electron chi connectivity index (χ0n) is 12.7. The van der Waals surface area contributed by atoms with Crippen LogP contribution in [0.2, 0.25) is 0 Å². The topological polar surface area (TPSA) is 80.9 Å². The number of carbonyl (C=O) groups is 1. The quantitative estimate of drug-likeness (QED) is 0.594. The maximum Gasteiger partial charge on any atom is 0.238 e. The molecule has 0 aromatic carbocycles. The lowest BCUT2D eigenvalue weighted by molar-refractivity contribution is -0.126. The molecule has 2 atom stereocenters. The summed E-state index contributed by atoms with van der Waals surface area (Å²) in [6, 6.07) is 2.17. The Morgan fingerprint density at radius 2 is 2.43 bits per heavy atom. The summed E-state index contributed by atoms with van der Waals surface area (Å²) in [4.78, 5) is 20.2. The van der Waals surface area contributed by atoms with Crippen molar-refractivity contribution in [2.75, 3.05) is 5.75 Å². The van der Waals surface area contributed by atoms with Crippen LogP contribution in [0.1, 0.15) is 39.5 Å². The Morgan fingerprint density at radius 3 is 3.05 bits per heavy atom. The van der Waals surface area contributed by atoms with Crippen molar-refractivity contribution in [3.05, 3.63) is 18.6 Å². The van der Waals surface area contributed by atoms with Crippen LogP contribution in [0.5, 0.6) is 0 Å². The molecule has 1 heterocycles. The van der Waals surface area contributed by atoms with Crippen molar-refractivity contribution in [2.45, 2.75) is 56.1 Å². The number of hydrogen-bond acceptors (Lipinski definition) is 5. The van der Waals surface area contributed by atoms with Crippen molar-refractivity contribution < 1.29 is 4.79 Å². The lowest BCUT2D eigenvalue weighted by Gasteiger charge is -2.35. The molecule has 1 aromatic heterocycles. The fourth-order valence-corrected chi connectivity index (χ4v) is 4.13. The predicted molar refractivity (Wildman–Crippen MR) is 84.9 cm³/mol. The van der Waals surface area contributed by atoms with Gasteiger partial charge in [0.15, 0.2) is 0 Å². The highest BCUT2D eigenvalue weighted by atomic mass is 32.2. The molecule has 21 heavy (non-hydrogen) atoms. The number of primary amides is 1. The number of thioether (sulfide) groups is 1. The summed E-state index contributed by atoms with van der Waals surface area (Å²) in [6.45, 7) is 4.13. The second-order valence-corrected chi connectivity index (χ2v) is 7.02. The maximum atomic E-state index is 12.0. The van der Waals surface area contributed by atoms with E-state index in [4.69, 9.17) is 5.73 Å². The Hall–Kier alpha value is -1.14. The third-order valence-corrected chi connectivity index (χ3v) is 5.05. The molecule has 1 aromatic rings. The van der Waals surface area contributed by atoms with Crippen LogP contribution in [-0.2, 0) is 4.79 Å². The molecule has 0 spiro atoms. The number of nitrogens with one attached hydrogen (secondary N) is 1. The van der Waals surface area contributed by atoms with Gasteiger partial charge in [0.25, 0.3) is 0 Å². The second-order valence-electron chi connectivity index (χ2n) is 5.91. The highest BCUT2D eigenvalue weighted by Crippen LogP contribution is 2.39. The van der Waals surface area contributed by atoms with Gasteiger partial charge in [0.05, 0.1) is 5.03 Å². The lowest BCUT2D eigenvalue weighted by Crippen LogP contribution is -2.60. The molecule has 1 amide bonds. The highest BCUT2D eigenvalue weighted by molar-refractivity contribution is 7.99. The Balaban J connectivity index is 1.95. The van der Waals surface area contributed by atoms with Crippen LogP contribution in [-0.4, -0.2) is 33.2 Å². The fourth-order valence-electron chi connectivity index (χ4n) is 3.24. The minimum atomic E-state index is -0.527. The zero-order valence-corrected chi connectivity index (χ0v) is 13.5. The maximum absolute atomic E-state index is 12.0. The number of amides is 1. The summed E-state index contributed by atoms with van der Waals surface area (Å²) in [5.41, 5.74) is 5.20. The van der Waals surface area contributed by atoms with Crippen molar-refractivity contribution in [1.82, 2.24) is 15.3 Å². The van der Waals surface area contributed by atoms with Crippen LogP contribution in [0, 0.1) is 5.92 Å². The van der Waals surface area contributed by atoms with E-state index < -0.39 is 5.54 Å². The van der Waals surface area contributed by atoms with Crippen LogP contribution in [0.4, 0.5) is 0 Å². The molecule has 0 aliphatic heterocycles. The first-order chi connectivity index (χ1) is 10.0. The van der Waals surface area contributed by atoms with Crippen molar-refractivity contribution >= 4 is 17.7 Å². The van der Waals surface area contributed by atoms with Crippen LogP contribution in [0.15, 0.2) is 23.6 Å². The summed E-state index contributed by atoms with van der Waals surface area (Å²) in [5, 5.41) is 4.42. The van der Waals surface area contributed by atoms with E-state index in [9.17, 15) is 4.79 Å². The Labute approximate surface area is 130 Å². The molecular weight excluding hydrogens is 284 g/mol. The molecule has 2 rings (SSSR count). The molecular formula is C15H24N4OS. The van der Waals surface area contributed by atoms with Crippen LogP contribution < -0.4 is 11.1 Å². The lowest BCUT2D eigenvalue weighted by atomic mass is 9.83. The average Bonchev–Trinajstić information content (AvgIpc) is 2.83. The van der Waals surface area contributed by atoms with Gasteiger partial charge in [0.2, 0.25) is 5.91 Å². The van der Waals surface area contributed by atoms with E-state index in [-0.39, 0.29) is 11.9 Å². The van der Waals surface area contributed by atoms with Gasteiger partial charge in [-0.3, -0.25) is 4.79 Å². The smallest absolute Gasteiger partial charge is 0.238 e. The van der Waals surface area contributed by atoms with Gasteiger partial charge < -0.3 is 11.1 Å². The monoisotopic (exact) mass is 308 g/mol. The second kappa shape index (κ2) is 7.22. The van der Waals surface area contributed by atoms with E-state index in [0.717, 1.165) is 36.5 Å². The summed E-state index contributed by atoms with van der Waals surface area (Å²) >= 11 is 1.71. The van der Waals surface area contributed by atoms with Gasteiger partial charge in [-0.1, -0.05) is 6.42 Å². The summed E-state index contributed by atoms with van der Waals surface area (Å²) in [7, 11) is 0. The first-order valence-corrected chi connectivity index (χ1v) is 8.49. The molecule has 3 N–H and O–H groups in total. The van der Waals surface area contributed by atoms with Crippen molar-refractivity contribution in [3.63, 3.8) is 0 Å². The van der Waals surface area contributed by atoms with E-state index in [0.29, 0.717) is 5.92 Å². The molecule has 0 bridgehead atoms. The average molecular weight is 308 g/mol. The van der Waals surface area contributed by atoms with Gasteiger partial charge >= 0.3 is 0 Å². The summed E-state index contributed by atoms with van der Waals surface area (Å²) < 4.78 is 0. The Kier molecular flexibility index (Phi) is 5.58. The van der Waals surface area contributed by atoms with Gasteiger partial charge in [-0.2, -0.15) is 0 Å². The molecule has 0 radical (unpaired) electrons. The van der Waals surface area contributed by atoms with E-state index in [2.05, 4.69) is 29.1 Å². The van der Waals surface area contributed by atoms with Gasteiger partial charge in [-0.25, -0.2) is 9.97 Å². The number of nitrogens with zero attached hydrogens (tertiary/aromatic N) is 2. The molecule has 1 aliphatic rings. The number of aromatic nitrogens is 2. The molecule has 1 saturated carbocycles. The van der Waals surface area contributed by atoms with Gasteiger partial charge in [0, 0.05) is 12.2 Å². The number of hydrogen-bond donors (Lipinski definition) is 2. The molecule has 2 unspecified atom stereocenters. The van der Waals surface area contributed by atoms with Crippen LogP contribution >= 0.6 is 11.8 Å². The van der Waals surface area contributed by atoms with Crippen molar-refractivity contribution in [2.24, 2.45) is 11.7 Å². The zero-order chi connectivity index (χ0) is 15.3. The van der Waals surface area contributed by atoms with Gasteiger partial charge in [-0.05, 0) is 50.8 Å². The van der Waals surface area contributed by atoms with Crippen LogP contribution in [0.3, 0.4) is 0 Å². The summed E-state index contributed by atoms with van der Waals surface area (Å²) in [5.74, 6) is 1.05. The molecule has 5 nitrogen and oxygen atoms in total. The molecule has 1 fully saturated rings. The Bertz CT molecular complexity index is 468. The fraction of sp³-hybridized carbons (Fsp3) is 0.667. The highest BCUT2D eigenvalue weighted by Gasteiger charge is 2.47. The number of rotatable bonds is 7. The predicted octanol–water partition coefficient (Wildman–Crippen LogP) is 1.98. The normalized spacial score (nSPS) is 25.4. The minimum absolute atomic E-state index is 0.203. The van der Waals surface area contributed by atoms with E-state index in [1.54, 1.807) is 24.3 Å². The Morgan fingerprint density at radius 1 is 1.62 bits per heavy atom. The molecule has 6 heteroatoms. The third-order valence-electron chi connectivity index (χ3n) is 4.08. The first-order valence-electron chi connectivity index (χ1n) is 7.51. The number of nitrogens with two attached hydrogens (primary N) is 1.